The zero-order valence-corrected chi connectivity index (χ0v) is 13.4. The molecular weight excluding hydrogens is 332 g/mol. The Morgan fingerprint density at radius 2 is 2.14 bits per heavy atom. The Morgan fingerprint density at radius 1 is 1.41 bits per heavy atom. The van der Waals surface area contributed by atoms with Crippen LogP contribution in [-0.4, -0.2) is 37.6 Å². The number of hydrogen-bond donors (Lipinski definition) is 1. The van der Waals surface area contributed by atoms with E-state index in [1.54, 1.807) is 18.2 Å². The molecule has 0 fully saturated rings. The molecule has 2 aromatic rings. The van der Waals surface area contributed by atoms with Gasteiger partial charge in [0.2, 0.25) is 9.84 Å². The lowest BCUT2D eigenvalue weighted by Gasteiger charge is -2.08. The minimum absolute atomic E-state index is 0.0712. The first-order valence-electron chi connectivity index (χ1n) is 6.08. The molecule has 0 amide bonds. The molecule has 0 unspecified atom stereocenters. The lowest BCUT2D eigenvalue weighted by molar-refractivity contribution is -0.138. The van der Waals surface area contributed by atoms with Crippen LogP contribution in [0.25, 0.3) is 11.3 Å². The molecule has 0 radical (unpaired) electrons. The number of halogens is 1. The van der Waals surface area contributed by atoms with E-state index >= 15 is 0 Å². The van der Waals surface area contributed by atoms with E-state index in [-0.39, 0.29) is 10.6 Å². The average Bonchev–Trinajstić information content (AvgIpc) is 2.96. The summed E-state index contributed by atoms with van der Waals surface area (Å²) < 4.78 is 34.1. The van der Waals surface area contributed by atoms with Gasteiger partial charge in [-0.25, -0.2) is 8.42 Å². The minimum atomic E-state index is -3.83. The summed E-state index contributed by atoms with van der Waals surface area (Å²) in [7, 11) is -2.38. The molecule has 2 rings (SSSR count). The molecule has 0 bridgehead atoms. The minimum Gasteiger partial charge on any atom is -0.495 e. The van der Waals surface area contributed by atoms with E-state index in [0.29, 0.717) is 16.3 Å². The number of sulfone groups is 1. The van der Waals surface area contributed by atoms with E-state index in [1.807, 2.05) is 0 Å². The maximum absolute atomic E-state index is 12.2. The zero-order valence-electron chi connectivity index (χ0n) is 11.8. The normalized spacial score (nSPS) is 11.2. The van der Waals surface area contributed by atoms with Gasteiger partial charge in [0.05, 0.1) is 24.0 Å². The fourth-order valence-corrected chi connectivity index (χ4v) is 3.09. The number of rotatable bonds is 5. The van der Waals surface area contributed by atoms with E-state index in [1.165, 1.54) is 7.11 Å². The number of hydrogen-bond acceptors (Lipinski definition) is 6. The largest absolute Gasteiger partial charge is 0.495 e. The highest BCUT2D eigenvalue weighted by Gasteiger charge is 2.23. The summed E-state index contributed by atoms with van der Waals surface area (Å²) in [4.78, 5) is 10.7. The Labute approximate surface area is 132 Å². The molecule has 7 nitrogen and oxygen atoms in total. The van der Waals surface area contributed by atoms with Crippen molar-refractivity contribution in [2.24, 2.45) is 0 Å². The van der Waals surface area contributed by atoms with Gasteiger partial charge >= 0.3 is 5.97 Å². The summed E-state index contributed by atoms with van der Waals surface area (Å²) in [5.41, 5.74) is 0.794. The Balaban J connectivity index is 2.43. The standard InChI is InChI=1S/C13H13ClN2O5S/c1-8(17)21-7-22(18,19)12-6-15-16-13(12)9-3-4-10(14)11(5-9)20-2/h3-6H,7H2,1-2H3,(H,15,16). The fraction of sp³-hybridized carbons (Fsp3) is 0.231. The SMILES string of the molecule is COc1cc(-c2[nH]ncc2S(=O)(=O)COC(C)=O)ccc1Cl. The topological polar surface area (TPSA) is 98.3 Å². The first-order chi connectivity index (χ1) is 10.3. The molecule has 0 aliphatic heterocycles. The van der Waals surface area contributed by atoms with Gasteiger partial charge < -0.3 is 9.47 Å². The number of aromatic nitrogens is 2. The van der Waals surface area contributed by atoms with Gasteiger partial charge in [0.25, 0.3) is 0 Å². The lowest BCUT2D eigenvalue weighted by Crippen LogP contribution is -2.13. The second-order valence-corrected chi connectivity index (χ2v) is 6.64. The predicted molar refractivity (Wildman–Crippen MR) is 79.4 cm³/mol. The maximum Gasteiger partial charge on any atom is 0.303 e. The zero-order chi connectivity index (χ0) is 16.3. The highest BCUT2D eigenvalue weighted by atomic mass is 35.5. The van der Waals surface area contributed by atoms with Gasteiger partial charge in [-0.1, -0.05) is 17.7 Å². The van der Waals surface area contributed by atoms with Crippen molar-refractivity contribution < 1.29 is 22.7 Å². The van der Waals surface area contributed by atoms with Crippen LogP contribution in [-0.2, 0) is 19.4 Å². The third kappa shape index (κ3) is 3.40. The third-order valence-electron chi connectivity index (χ3n) is 2.80. The Bertz CT molecular complexity index is 801. The molecule has 0 spiro atoms. The van der Waals surface area contributed by atoms with Crippen molar-refractivity contribution in [2.45, 2.75) is 11.8 Å². The van der Waals surface area contributed by atoms with Gasteiger partial charge in [-0.3, -0.25) is 9.89 Å². The average molecular weight is 345 g/mol. The summed E-state index contributed by atoms with van der Waals surface area (Å²) in [6, 6.07) is 4.79. The van der Waals surface area contributed by atoms with Crippen LogP contribution < -0.4 is 4.74 Å². The summed E-state index contributed by atoms with van der Waals surface area (Å²) in [6.07, 6.45) is 1.16. The van der Waals surface area contributed by atoms with Gasteiger partial charge in [0.1, 0.15) is 10.6 Å². The smallest absolute Gasteiger partial charge is 0.303 e. The molecule has 0 saturated heterocycles. The number of H-pyrrole nitrogens is 1. The van der Waals surface area contributed by atoms with E-state index in [2.05, 4.69) is 14.9 Å². The second kappa shape index (κ2) is 6.37. The van der Waals surface area contributed by atoms with Crippen LogP contribution in [0.3, 0.4) is 0 Å². The van der Waals surface area contributed by atoms with Crippen LogP contribution in [0.15, 0.2) is 29.3 Å². The quantitative estimate of drug-likeness (QED) is 0.833. The third-order valence-corrected chi connectivity index (χ3v) is 4.52. The molecule has 1 aromatic heterocycles. The molecule has 0 aliphatic carbocycles. The molecule has 22 heavy (non-hydrogen) atoms. The number of methoxy groups -OCH3 is 1. The van der Waals surface area contributed by atoms with Crippen molar-refractivity contribution in [2.75, 3.05) is 13.0 Å². The second-order valence-electron chi connectivity index (χ2n) is 4.33. The highest BCUT2D eigenvalue weighted by Crippen LogP contribution is 2.32. The van der Waals surface area contributed by atoms with Crippen LogP contribution in [0.4, 0.5) is 0 Å². The van der Waals surface area contributed by atoms with Crippen LogP contribution in [0.5, 0.6) is 5.75 Å². The van der Waals surface area contributed by atoms with Crippen molar-refractivity contribution in [3.63, 3.8) is 0 Å². The maximum atomic E-state index is 12.2. The number of esters is 1. The lowest BCUT2D eigenvalue weighted by atomic mass is 10.1. The molecule has 0 saturated carbocycles. The Hall–Kier alpha value is -2.06. The highest BCUT2D eigenvalue weighted by molar-refractivity contribution is 7.91. The van der Waals surface area contributed by atoms with Crippen LogP contribution in [0.1, 0.15) is 6.92 Å². The van der Waals surface area contributed by atoms with Gasteiger partial charge in [0.15, 0.2) is 5.94 Å². The molecule has 0 atom stereocenters. The molecular formula is C13H13ClN2O5S. The summed E-state index contributed by atoms with van der Waals surface area (Å²) in [6.45, 7) is 1.13. The van der Waals surface area contributed by atoms with Crippen LogP contribution >= 0.6 is 11.6 Å². The van der Waals surface area contributed by atoms with Crippen LogP contribution in [0, 0.1) is 0 Å². The van der Waals surface area contributed by atoms with Crippen molar-refractivity contribution in [1.82, 2.24) is 10.2 Å². The van der Waals surface area contributed by atoms with Crippen molar-refractivity contribution in [1.29, 1.82) is 0 Å². The molecule has 1 aromatic carbocycles. The summed E-state index contributed by atoms with van der Waals surface area (Å²) >= 11 is 5.95. The number of carbonyl (C=O) groups is 1. The molecule has 1 N–H and O–H groups in total. The van der Waals surface area contributed by atoms with E-state index < -0.39 is 21.7 Å². The molecule has 0 aliphatic rings. The van der Waals surface area contributed by atoms with Crippen molar-refractivity contribution in [3.05, 3.63) is 29.4 Å². The first-order valence-corrected chi connectivity index (χ1v) is 8.11. The van der Waals surface area contributed by atoms with E-state index in [4.69, 9.17) is 16.3 Å². The monoisotopic (exact) mass is 344 g/mol. The number of carbonyl (C=O) groups excluding carboxylic acids is 1. The van der Waals surface area contributed by atoms with Gasteiger partial charge in [-0.05, 0) is 12.1 Å². The number of aromatic amines is 1. The van der Waals surface area contributed by atoms with Crippen molar-refractivity contribution in [3.8, 4) is 17.0 Å². The summed E-state index contributed by atoms with van der Waals surface area (Å²) in [5.74, 6) is -1.03. The Kier molecular flexibility index (Phi) is 4.72. The van der Waals surface area contributed by atoms with E-state index in [0.717, 1.165) is 13.1 Å². The van der Waals surface area contributed by atoms with Gasteiger partial charge in [-0.15, -0.1) is 0 Å². The molecule has 118 valence electrons. The molecule has 1 heterocycles. The summed E-state index contributed by atoms with van der Waals surface area (Å²) in [5, 5.41) is 6.77. The van der Waals surface area contributed by atoms with Gasteiger partial charge in [-0.2, -0.15) is 5.10 Å². The number of nitrogens with zero attached hydrogens (tertiary/aromatic N) is 1. The number of nitrogens with one attached hydrogen (secondary N) is 1. The molecule has 9 heteroatoms. The van der Waals surface area contributed by atoms with Crippen molar-refractivity contribution >= 4 is 27.4 Å². The number of ether oxygens (including phenoxy) is 2. The fourth-order valence-electron chi connectivity index (χ4n) is 1.76. The van der Waals surface area contributed by atoms with Crippen LogP contribution in [0.2, 0.25) is 5.02 Å². The van der Waals surface area contributed by atoms with E-state index in [9.17, 15) is 13.2 Å². The number of benzene rings is 1. The van der Waals surface area contributed by atoms with Gasteiger partial charge in [0, 0.05) is 12.5 Å². The Morgan fingerprint density at radius 3 is 2.77 bits per heavy atom. The predicted octanol–water partition coefficient (Wildman–Crippen LogP) is 2.03. The first kappa shape index (κ1) is 16.3.